The van der Waals surface area contributed by atoms with Crippen LogP contribution in [0, 0.1) is 6.92 Å². The Hall–Kier alpha value is -2.08. The van der Waals surface area contributed by atoms with Crippen LogP contribution in [0.25, 0.3) is 0 Å². The number of carboxylic acids is 1. The van der Waals surface area contributed by atoms with E-state index in [4.69, 9.17) is 14.6 Å². The summed E-state index contributed by atoms with van der Waals surface area (Å²) in [5.74, 6) is -0.503. The number of aliphatic carboxylic acids is 1. The highest BCUT2D eigenvalue weighted by Crippen LogP contribution is 2.23. The van der Waals surface area contributed by atoms with E-state index in [1.165, 1.54) is 0 Å². The maximum Gasteiger partial charge on any atom is 0.305 e. The molecular weight excluding hydrogens is 286 g/mol. The summed E-state index contributed by atoms with van der Waals surface area (Å²) in [6.45, 7) is 2.25. The van der Waals surface area contributed by atoms with Crippen LogP contribution in [0.4, 0.5) is 0 Å². The third-order valence-electron chi connectivity index (χ3n) is 3.79. The first kappa shape index (κ1) is 16.3. The van der Waals surface area contributed by atoms with E-state index in [-0.39, 0.29) is 31.1 Å². The summed E-state index contributed by atoms with van der Waals surface area (Å²) in [5, 5.41) is 8.96. The Morgan fingerprint density at radius 2 is 2.18 bits per heavy atom. The second-order valence-corrected chi connectivity index (χ2v) is 5.50. The minimum atomic E-state index is -0.917. The topological polar surface area (TPSA) is 76.1 Å². The van der Waals surface area contributed by atoms with Crippen LogP contribution in [0.5, 0.6) is 5.75 Å². The smallest absolute Gasteiger partial charge is 0.305 e. The molecule has 2 atom stereocenters. The lowest BCUT2D eigenvalue weighted by Gasteiger charge is -2.23. The van der Waals surface area contributed by atoms with Gasteiger partial charge in [-0.15, -0.1) is 0 Å². The van der Waals surface area contributed by atoms with Gasteiger partial charge in [-0.25, -0.2) is 0 Å². The Morgan fingerprint density at radius 3 is 2.82 bits per heavy atom. The predicted molar refractivity (Wildman–Crippen MR) is 79.8 cm³/mol. The minimum Gasteiger partial charge on any atom is -0.484 e. The molecule has 6 heteroatoms. The normalized spacial score (nSPS) is 20.9. The number of carboxylic acid groups (broad SMARTS) is 1. The fourth-order valence-corrected chi connectivity index (χ4v) is 2.68. The van der Waals surface area contributed by atoms with Crippen molar-refractivity contribution in [2.45, 2.75) is 31.9 Å². The van der Waals surface area contributed by atoms with Gasteiger partial charge in [-0.05, 0) is 31.0 Å². The zero-order chi connectivity index (χ0) is 16.1. The molecule has 1 aliphatic heterocycles. The molecule has 0 saturated carbocycles. The number of rotatable bonds is 6. The molecule has 2 unspecified atom stereocenters. The number of benzene rings is 1. The summed E-state index contributed by atoms with van der Waals surface area (Å²) >= 11 is 0. The van der Waals surface area contributed by atoms with Crippen LogP contribution in [0.2, 0.25) is 0 Å². The average Bonchev–Trinajstić information content (AvgIpc) is 2.87. The van der Waals surface area contributed by atoms with Crippen LogP contribution in [-0.4, -0.2) is 54.3 Å². The maximum absolute atomic E-state index is 12.3. The minimum absolute atomic E-state index is 0.0734. The van der Waals surface area contributed by atoms with Crippen molar-refractivity contribution in [2.75, 3.05) is 20.3 Å². The van der Waals surface area contributed by atoms with Gasteiger partial charge < -0.3 is 19.5 Å². The van der Waals surface area contributed by atoms with E-state index >= 15 is 0 Å². The number of likely N-dealkylation sites (tertiary alicyclic amines) is 1. The molecule has 0 bridgehead atoms. The van der Waals surface area contributed by atoms with Gasteiger partial charge in [0.2, 0.25) is 0 Å². The largest absolute Gasteiger partial charge is 0.484 e. The monoisotopic (exact) mass is 307 g/mol. The van der Waals surface area contributed by atoms with E-state index in [2.05, 4.69) is 0 Å². The molecule has 1 aromatic carbocycles. The van der Waals surface area contributed by atoms with Crippen molar-refractivity contribution in [2.24, 2.45) is 0 Å². The van der Waals surface area contributed by atoms with Gasteiger partial charge in [0.05, 0.1) is 12.5 Å². The second-order valence-electron chi connectivity index (χ2n) is 5.50. The average molecular weight is 307 g/mol. The van der Waals surface area contributed by atoms with Gasteiger partial charge in [-0.1, -0.05) is 12.1 Å². The first-order valence-electron chi connectivity index (χ1n) is 7.23. The van der Waals surface area contributed by atoms with Crippen molar-refractivity contribution in [3.63, 3.8) is 0 Å². The van der Waals surface area contributed by atoms with Crippen molar-refractivity contribution in [3.8, 4) is 5.75 Å². The molecule has 1 aromatic rings. The van der Waals surface area contributed by atoms with Gasteiger partial charge in [0.25, 0.3) is 5.91 Å². The van der Waals surface area contributed by atoms with Crippen LogP contribution >= 0.6 is 0 Å². The molecule has 120 valence electrons. The molecule has 22 heavy (non-hydrogen) atoms. The van der Waals surface area contributed by atoms with Gasteiger partial charge in [-0.3, -0.25) is 9.59 Å². The first-order chi connectivity index (χ1) is 10.5. The Balaban J connectivity index is 1.95. The Bertz CT molecular complexity index is 545. The SMILES string of the molecule is COC1CC(CC(=O)O)N(C(=O)COc2cccc(C)c2)C1. The second kappa shape index (κ2) is 7.26. The third kappa shape index (κ3) is 4.21. The zero-order valence-corrected chi connectivity index (χ0v) is 12.8. The number of nitrogens with zero attached hydrogens (tertiary/aromatic N) is 1. The molecule has 1 fully saturated rings. The lowest BCUT2D eigenvalue weighted by Crippen LogP contribution is -2.40. The van der Waals surface area contributed by atoms with Gasteiger partial charge in [0.1, 0.15) is 5.75 Å². The van der Waals surface area contributed by atoms with Gasteiger partial charge >= 0.3 is 5.97 Å². The highest BCUT2D eigenvalue weighted by molar-refractivity contribution is 5.79. The number of carbonyl (C=O) groups is 2. The number of hydrogen-bond acceptors (Lipinski definition) is 4. The highest BCUT2D eigenvalue weighted by atomic mass is 16.5. The van der Waals surface area contributed by atoms with E-state index in [9.17, 15) is 9.59 Å². The van der Waals surface area contributed by atoms with Crippen LogP contribution in [0.3, 0.4) is 0 Å². The molecule has 2 rings (SSSR count). The molecule has 1 amide bonds. The molecule has 0 aromatic heterocycles. The standard InChI is InChI=1S/C16H21NO5/c1-11-4-3-5-13(6-11)22-10-15(18)17-9-14(21-2)7-12(17)8-16(19)20/h3-6,12,14H,7-10H2,1-2H3,(H,19,20). The number of hydrogen-bond donors (Lipinski definition) is 1. The summed E-state index contributed by atoms with van der Waals surface area (Å²) in [5.41, 5.74) is 1.05. The predicted octanol–water partition coefficient (Wildman–Crippen LogP) is 1.46. The zero-order valence-electron chi connectivity index (χ0n) is 12.8. The molecule has 0 radical (unpaired) electrons. The molecule has 1 N–H and O–H groups in total. The molecule has 0 aliphatic carbocycles. The van der Waals surface area contributed by atoms with Crippen molar-refractivity contribution in [3.05, 3.63) is 29.8 Å². The molecule has 1 aliphatic rings. The van der Waals surface area contributed by atoms with Crippen molar-refractivity contribution in [1.29, 1.82) is 0 Å². The molecule has 1 heterocycles. The fraction of sp³-hybridized carbons (Fsp3) is 0.500. The van der Waals surface area contributed by atoms with Crippen LogP contribution in [-0.2, 0) is 14.3 Å². The highest BCUT2D eigenvalue weighted by Gasteiger charge is 2.36. The Kier molecular flexibility index (Phi) is 5.38. The quantitative estimate of drug-likeness (QED) is 0.861. The van der Waals surface area contributed by atoms with E-state index in [0.29, 0.717) is 18.7 Å². The lowest BCUT2D eigenvalue weighted by molar-refractivity contribution is -0.140. The number of methoxy groups -OCH3 is 1. The first-order valence-corrected chi connectivity index (χ1v) is 7.23. The summed E-state index contributed by atoms with van der Waals surface area (Å²) < 4.78 is 10.8. The van der Waals surface area contributed by atoms with Crippen LogP contribution < -0.4 is 4.74 Å². The van der Waals surface area contributed by atoms with E-state index in [0.717, 1.165) is 5.56 Å². The molecule has 0 spiro atoms. The molecular formula is C16H21NO5. The number of carbonyl (C=O) groups excluding carboxylic acids is 1. The number of ether oxygens (including phenoxy) is 2. The van der Waals surface area contributed by atoms with Gasteiger partial charge in [0, 0.05) is 19.7 Å². The summed E-state index contributed by atoms with van der Waals surface area (Å²) in [4.78, 5) is 24.8. The number of aryl methyl sites for hydroxylation is 1. The summed E-state index contributed by atoms with van der Waals surface area (Å²) in [6, 6.07) is 7.11. The van der Waals surface area contributed by atoms with Gasteiger partial charge in [-0.2, -0.15) is 0 Å². The summed E-state index contributed by atoms with van der Waals surface area (Å²) in [6.07, 6.45) is 0.349. The molecule has 6 nitrogen and oxygen atoms in total. The van der Waals surface area contributed by atoms with Crippen molar-refractivity contribution >= 4 is 11.9 Å². The van der Waals surface area contributed by atoms with Crippen LogP contribution in [0.15, 0.2) is 24.3 Å². The van der Waals surface area contributed by atoms with Crippen molar-refractivity contribution in [1.82, 2.24) is 4.90 Å². The lowest BCUT2D eigenvalue weighted by atomic mass is 10.1. The molecule has 1 saturated heterocycles. The van der Waals surface area contributed by atoms with E-state index in [1.807, 2.05) is 25.1 Å². The fourth-order valence-electron chi connectivity index (χ4n) is 2.68. The number of amides is 1. The van der Waals surface area contributed by atoms with E-state index < -0.39 is 5.97 Å². The maximum atomic E-state index is 12.3. The van der Waals surface area contributed by atoms with Crippen LogP contribution in [0.1, 0.15) is 18.4 Å². The summed E-state index contributed by atoms with van der Waals surface area (Å²) in [7, 11) is 1.57. The Morgan fingerprint density at radius 1 is 1.41 bits per heavy atom. The van der Waals surface area contributed by atoms with Crippen molar-refractivity contribution < 1.29 is 24.2 Å². The Labute approximate surface area is 129 Å². The van der Waals surface area contributed by atoms with Gasteiger partial charge in [0.15, 0.2) is 6.61 Å². The third-order valence-corrected chi connectivity index (χ3v) is 3.79. The van der Waals surface area contributed by atoms with E-state index in [1.54, 1.807) is 18.1 Å².